The SMILES string of the molecule is C=CCCNC(=O)c1cc(Cl)cc(Cl)c1. The molecule has 4 heteroatoms. The molecule has 0 unspecified atom stereocenters. The lowest BCUT2D eigenvalue weighted by Gasteiger charge is -2.04. The largest absolute Gasteiger partial charge is 0.352 e. The van der Waals surface area contributed by atoms with Crippen molar-refractivity contribution in [3.8, 4) is 0 Å². The molecule has 0 spiro atoms. The Hall–Kier alpha value is -0.990. The normalized spacial score (nSPS) is 9.73. The number of carbonyl (C=O) groups excluding carboxylic acids is 1. The van der Waals surface area contributed by atoms with Crippen LogP contribution in [0.3, 0.4) is 0 Å². The zero-order chi connectivity index (χ0) is 11.3. The lowest BCUT2D eigenvalue weighted by molar-refractivity contribution is 0.0954. The second-order valence-corrected chi connectivity index (χ2v) is 3.86. The number of hydrogen-bond acceptors (Lipinski definition) is 1. The fourth-order valence-electron chi connectivity index (χ4n) is 1.07. The molecular weight excluding hydrogens is 233 g/mol. The molecular formula is C11H11Cl2NO. The van der Waals surface area contributed by atoms with E-state index in [1.54, 1.807) is 24.3 Å². The highest BCUT2D eigenvalue weighted by Crippen LogP contribution is 2.18. The summed E-state index contributed by atoms with van der Waals surface area (Å²) >= 11 is 11.5. The number of rotatable bonds is 4. The van der Waals surface area contributed by atoms with Crippen LogP contribution in [0.1, 0.15) is 16.8 Å². The highest BCUT2D eigenvalue weighted by Gasteiger charge is 2.06. The first-order chi connectivity index (χ1) is 7.13. The van der Waals surface area contributed by atoms with Crippen molar-refractivity contribution >= 4 is 29.1 Å². The van der Waals surface area contributed by atoms with Crippen LogP contribution in [0, 0.1) is 0 Å². The van der Waals surface area contributed by atoms with E-state index in [9.17, 15) is 4.79 Å². The monoisotopic (exact) mass is 243 g/mol. The Morgan fingerprint density at radius 3 is 2.47 bits per heavy atom. The van der Waals surface area contributed by atoms with Gasteiger partial charge in [0.25, 0.3) is 5.91 Å². The standard InChI is InChI=1S/C11H11Cl2NO/c1-2-3-4-14-11(15)8-5-9(12)7-10(13)6-8/h2,5-7H,1,3-4H2,(H,14,15). The van der Waals surface area contributed by atoms with Crippen molar-refractivity contribution in [2.24, 2.45) is 0 Å². The summed E-state index contributed by atoms with van der Waals surface area (Å²) in [7, 11) is 0. The Labute approximate surface area is 98.9 Å². The molecule has 1 amide bonds. The minimum atomic E-state index is -0.179. The van der Waals surface area contributed by atoms with Crippen molar-refractivity contribution in [2.45, 2.75) is 6.42 Å². The molecule has 0 saturated heterocycles. The maximum absolute atomic E-state index is 11.6. The van der Waals surface area contributed by atoms with Gasteiger partial charge in [-0.2, -0.15) is 0 Å². The molecule has 0 heterocycles. The molecule has 0 aliphatic carbocycles. The quantitative estimate of drug-likeness (QED) is 0.639. The molecule has 0 bridgehead atoms. The Morgan fingerprint density at radius 2 is 1.93 bits per heavy atom. The molecule has 0 atom stereocenters. The lowest BCUT2D eigenvalue weighted by Crippen LogP contribution is -2.24. The average molecular weight is 244 g/mol. The smallest absolute Gasteiger partial charge is 0.251 e. The van der Waals surface area contributed by atoms with Crippen molar-refractivity contribution in [3.63, 3.8) is 0 Å². The van der Waals surface area contributed by atoms with Gasteiger partial charge in [-0.25, -0.2) is 0 Å². The van der Waals surface area contributed by atoms with Crippen molar-refractivity contribution in [1.29, 1.82) is 0 Å². The van der Waals surface area contributed by atoms with Gasteiger partial charge in [-0.05, 0) is 24.6 Å². The summed E-state index contributed by atoms with van der Waals surface area (Å²) in [4.78, 5) is 11.6. The molecule has 0 aromatic heterocycles. The van der Waals surface area contributed by atoms with Gasteiger partial charge in [0.05, 0.1) is 0 Å². The Bertz CT molecular complexity index is 357. The van der Waals surface area contributed by atoms with E-state index >= 15 is 0 Å². The molecule has 1 rings (SSSR count). The second kappa shape index (κ2) is 5.79. The molecule has 80 valence electrons. The van der Waals surface area contributed by atoms with Crippen LogP contribution in [0.4, 0.5) is 0 Å². The fourth-order valence-corrected chi connectivity index (χ4v) is 1.60. The summed E-state index contributed by atoms with van der Waals surface area (Å²) in [5.74, 6) is -0.179. The van der Waals surface area contributed by atoms with Crippen LogP contribution >= 0.6 is 23.2 Å². The van der Waals surface area contributed by atoms with E-state index in [2.05, 4.69) is 11.9 Å². The van der Waals surface area contributed by atoms with Gasteiger partial charge in [-0.15, -0.1) is 6.58 Å². The summed E-state index contributed by atoms with van der Waals surface area (Å²) in [6.07, 6.45) is 2.48. The third kappa shape index (κ3) is 3.94. The summed E-state index contributed by atoms with van der Waals surface area (Å²) in [5, 5.41) is 3.64. The summed E-state index contributed by atoms with van der Waals surface area (Å²) in [6.45, 7) is 4.13. The van der Waals surface area contributed by atoms with Crippen molar-refractivity contribution in [3.05, 3.63) is 46.5 Å². The van der Waals surface area contributed by atoms with Gasteiger partial charge in [0, 0.05) is 22.2 Å². The van der Waals surface area contributed by atoms with E-state index in [0.717, 1.165) is 6.42 Å². The van der Waals surface area contributed by atoms with Gasteiger partial charge in [-0.1, -0.05) is 29.3 Å². The zero-order valence-electron chi connectivity index (χ0n) is 8.09. The highest BCUT2D eigenvalue weighted by atomic mass is 35.5. The number of hydrogen-bond donors (Lipinski definition) is 1. The molecule has 0 fully saturated rings. The van der Waals surface area contributed by atoms with E-state index in [0.29, 0.717) is 22.2 Å². The molecule has 15 heavy (non-hydrogen) atoms. The Morgan fingerprint density at radius 1 is 1.33 bits per heavy atom. The maximum Gasteiger partial charge on any atom is 0.251 e. The van der Waals surface area contributed by atoms with E-state index in [-0.39, 0.29) is 5.91 Å². The van der Waals surface area contributed by atoms with Gasteiger partial charge in [0.15, 0.2) is 0 Å². The first-order valence-electron chi connectivity index (χ1n) is 4.48. The molecule has 0 aliphatic heterocycles. The van der Waals surface area contributed by atoms with E-state index < -0.39 is 0 Å². The number of carbonyl (C=O) groups is 1. The predicted octanol–water partition coefficient (Wildman–Crippen LogP) is 3.30. The Balaban J connectivity index is 2.69. The van der Waals surface area contributed by atoms with Crippen molar-refractivity contribution in [1.82, 2.24) is 5.32 Å². The molecule has 1 aromatic carbocycles. The predicted molar refractivity (Wildman–Crippen MR) is 63.6 cm³/mol. The van der Waals surface area contributed by atoms with Gasteiger partial charge in [-0.3, -0.25) is 4.79 Å². The highest BCUT2D eigenvalue weighted by molar-refractivity contribution is 6.35. The van der Waals surface area contributed by atoms with Crippen LogP contribution in [0.5, 0.6) is 0 Å². The van der Waals surface area contributed by atoms with Gasteiger partial charge >= 0.3 is 0 Å². The summed E-state index contributed by atoms with van der Waals surface area (Å²) < 4.78 is 0. The third-order valence-corrected chi connectivity index (χ3v) is 2.20. The minimum absolute atomic E-state index is 0.179. The van der Waals surface area contributed by atoms with Gasteiger partial charge < -0.3 is 5.32 Å². The number of benzene rings is 1. The summed E-state index contributed by atoms with van der Waals surface area (Å²) in [5.41, 5.74) is 0.469. The Kier molecular flexibility index (Phi) is 4.66. The van der Waals surface area contributed by atoms with Crippen LogP contribution < -0.4 is 5.32 Å². The zero-order valence-corrected chi connectivity index (χ0v) is 9.61. The first-order valence-corrected chi connectivity index (χ1v) is 5.24. The maximum atomic E-state index is 11.6. The topological polar surface area (TPSA) is 29.1 Å². The third-order valence-electron chi connectivity index (χ3n) is 1.76. The molecule has 0 saturated carbocycles. The number of amides is 1. The molecule has 1 aromatic rings. The number of nitrogens with one attached hydrogen (secondary N) is 1. The van der Waals surface area contributed by atoms with Crippen molar-refractivity contribution in [2.75, 3.05) is 6.54 Å². The van der Waals surface area contributed by atoms with E-state index in [4.69, 9.17) is 23.2 Å². The average Bonchev–Trinajstić information content (AvgIpc) is 2.16. The summed E-state index contributed by atoms with van der Waals surface area (Å²) in [6, 6.07) is 4.75. The lowest BCUT2D eigenvalue weighted by atomic mass is 10.2. The van der Waals surface area contributed by atoms with Crippen molar-refractivity contribution < 1.29 is 4.79 Å². The van der Waals surface area contributed by atoms with Gasteiger partial charge in [0.2, 0.25) is 0 Å². The van der Waals surface area contributed by atoms with Crippen LogP contribution in [0.25, 0.3) is 0 Å². The van der Waals surface area contributed by atoms with Gasteiger partial charge in [0.1, 0.15) is 0 Å². The second-order valence-electron chi connectivity index (χ2n) is 2.99. The van der Waals surface area contributed by atoms with E-state index in [1.807, 2.05) is 0 Å². The minimum Gasteiger partial charge on any atom is -0.352 e. The van der Waals surface area contributed by atoms with Crippen LogP contribution in [0.2, 0.25) is 10.0 Å². The van der Waals surface area contributed by atoms with Crippen LogP contribution in [-0.4, -0.2) is 12.5 Å². The van der Waals surface area contributed by atoms with Crippen LogP contribution in [0.15, 0.2) is 30.9 Å². The number of halogens is 2. The molecule has 1 N–H and O–H groups in total. The first kappa shape index (κ1) is 12.1. The fraction of sp³-hybridized carbons (Fsp3) is 0.182. The molecule has 2 nitrogen and oxygen atoms in total. The molecule has 0 aliphatic rings. The van der Waals surface area contributed by atoms with E-state index in [1.165, 1.54) is 0 Å². The van der Waals surface area contributed by atoms with Crippen LogP contribution in [-0.2, 0) is 0 Å². The molecule has 0 radical (unpaired) electrons.